The van der Waals surface area contributed by atoms with E-state index in [0.717, 1.165) is 37.4 Å². The third-order valence-corrected chi connectivity index (χ3v) is 6.01. The van der Waals surface area contributed by atoms with Crippen LogP contribution in [-0.4, -0.2) is 74.5 Å². The SMILES string of the molecule is O=C(NCCCO)C(=O)NC[C@@H](c1ccc2c(c1)OCO2)N1CCN(c2ccc(F)cc2)CC1. The minimum atomic E-state index is -0.723. The Morgan fingerprint density at radius 1 is 0.971 bits per heavy atom. The van der Waals surface area contributed by atoms with Gasteiger partial charge in [0.15, 0.2) is 11.5 Å². The predicted molar refractivity (Wildman–Crippen MR) is 123 cm³/mol. The molecule has 34 heavy (non-hydrogen) atoms. The number of nitrogens with one attached hydrogen (secondary N) is 2. The summed E-state index contributed by atoms with van der Waals surface area (Å²) in [5, 5.41) is 14.1. The molecule has 3 N–H and O–H groups in total. The van der Waals surface area contributed by atoms with E-state index in [2.05, 4.69) is 20.4 Å². The number of hydrogen-bond donors (Lipinski definition) is 3. The summed E-state index contributed by atoms with van der Waals surface area (Å²) in [5.41, 5.74) is 1.91. The second-order valence-corrected chi connectivity index (χ2v) is 8.17. The van der Waals surface area contributed by atoms with Gasteiger partial charge in [-0.05, 0) is 48.4 Å². The van der Waals surface area contributed by atoms with Crippen molar-refractivity contribution < 1.29 is 28.6 Å². The molecule has 10 heteroatoms. The third kappa shape index (κ3) is 5.75. The Balaban J connectivity index is 1.43. The quantitative estimate of drug-likeness (QED) is 0.390. The molecular formula is C24H29FN4O5. The molecule has 1 fully saturated rings. The standard InChI is InChI=1S/C24H29FN4O5/c25-18-3-5-19(6-4-18)28-9-11-29(12-10-28)20(15-27-24(32)23(31)26-8-1-13-30)17-2-7-21-22(14-17)34-16-33-21/h2-7,14,20,30H,1,8-13,15-16H2,(H,26,31)(H,27,32)/t20-/m0/s1. The van der Waals surface area contributed by atoms with Crippen LogP contribution in [0.5, 0.6) is 11.5 Å². The minimum Gasteiger partial charge on any atom is -0.454 e. The van der Waals surface area contributed by atoms with Crippen molar-refractivity contribution in [3.63, 3.8) is 0 Å². The molecule has 1 atom stereocenters. The number of aliphatic hydroxyl groups excluding tert-OH is 1. The summed E-state index contributed by atoms with van der Waals surface area (Å²) in [4.78, 5) is 28.8. The summed E-state index contributed by atoms with van der Waals surface area (Å²) in [6, 6.07) is 12.0. The van der Waals surface area contributed by atoms with E-state index in [1.165, 1.54) is 12.1 Å². The van der Waals surface area contributed by atoms with Crippen LogP contribution in [0.1, 0.15) is 18.0 Å². The number of hydrogen-bond acceptors (Lipinski definition) is 7. The number of halogens is 1. The van der Waals surface area contributed by atoms with Gasteiger partial charge in [-0.1, -0.05) is 6.07 Å². The second kappa shape index (κ2) is 11.2. The van der Waals surface area contributed by atoms with Crippen LogP contribution in [-0.2, 0) is 9.59 Å². The van der Waals surface area contributed by atoms with Gasteiger partial charge in [0.25, 0.3) is 0 Å². The van der Waals surface area contributed by atoms with Gasteiger partial charge < -0.3 is 30.1 Å². The number of fused-ring (bicyclic) bond motifs is 1. The topological polar surface area (TPSA) is 103 Å². The number of nitrogens with zero attached hydrogens (tertiary/aromatic N) is 2. The van der Waals surface area contributed by atoms with Gasteiger partial charge >= 0.3 is 11.8 Å². The van der Waals surface area contributed by atoms with Gasteiger partial charge in [-0.3, -0.25) is 14.5 Å². The zero-order valence-electron chi connectivity index (χ0n) is 18.8. The van der Waals surface area contributed by atoms with Gasteiger partial charge in [0.2, 0.25) is 6.79 Å². The van der Waals surface area contributed by atoms with Crippen LogP contribution in [0, 0.1) is 5.82 Å². The van der Waals surface area contributed by atoms with Crippen molar-refractivity contribution in [3.8, 4) is 11.5 Å². The molecule has 1 saturated heterocycles. The molecule has 0 saturated carbocycles. The summed E-state index contributed by atoms with van der Waals surface area (Å²) in [5.74, 6) is -0.370. The molecule has 2 amide bonds. The number of carbonyl (C=O) groups excluding carboxylic acids is 2. The molecule has 2 aliphatic rings. The molecule has 0 radical (unpaired) electrons. The highest BCUT2D eigenvalue weighted by molar-refractivity contribution is 6.35. The van der Waals surface area contributed by atoms with Crippen molar-refractivity contribution in [1.82, 2.24) is 15.5 Å². The summed E-state index contributed by atoms with van der Waals surface area (Å²) in [6.07, 6.45) is 0.386. The van der Waals surface area contributed by atoms with Crippen molar-refractivity contribution in [2.24, 2.45) is 0 Å². The van der Waals surface area contributed by atoms with E-state index >= 15 is 0 Å². The van der Waals surface area contributed by atoms with Gasteiger partial charge in [-0.15, -0.1) is 0 Å². The Morgan fingerprint density at radius 2 is 1.68 bits per heavy atom. The fourth-order valence-corrected chi connectivity index (χ4v) is 4.15. The summed E-state index contributed by atoms with van der Waals surface area (Å²) in [6.45, 7) is 3.50. The Hall–Kier alpha value is -3.37. The molecule has 0 aliphatic carbocycles. The maximum Gasteiger partial charge on any atom is 0.309 e. The molecule has 9 nitrogen and oxygen atoms in total. The zero-order chi connectivity index (χ0) is 23.9. The molecule has 2 aromatic rings. The van der Waals surface area contributed by atoms with E-state index in [1.807, 2.05) is 18.2 Å². The number of aliphatic hydroxyl groups is 1. The van der Waals surface area contributed by atoms with Crippen molar-refractivity contribution in [2.75, 3.05) is 57.6 Å². The van der Waals surface area contributed by atoms with E-state index in [1.54, 1.807) is 12.1 Å². The Kier molecular flexibility index (Phi) is 7.81. The van der Waals surface area contributed by atoms with Crippen LogP contribution in [0.4, 0.5) is 10.1 Å². The predicted octanol–water partition coefficient (Wildman–Crippen LogP) is 1.03. The number of amides is 2. The molecule has 2 aromatic carbocycles. The number of rotatable bonds is 8. The van der Waals surface area contributed by atoms with E-state index < -0.39 is 11.8 Å². The third-order valence-electron chi connectivity index (χ3n) is 6.01. The Bertz CT molecular complexity index is 995. The van der Waals surface area contributed by atoms with Gasteiger partial charge in [0, 0.05) is 51.6 Å². The van der Waals surface area contributed by atoms with E-state index in [-0.39, 0.29) is 38.3 Å². The highest BCUT2D eigenvalue weighted by Crippen LogP contribution is 2.35. The van der Waals surface area contributed by atoms with Crippen molar-refractivity contribution in [2.45, 2.75) is 12.5 Å². The van der Waals surface area contributed by atoms with Gasteiger partial charge in [0.05, 0.1) is 6.04 Å². The average molecular weight is 473 g/mol. The van der Waals surface area contributed by atoms with Crippen molar-refractivity contribution in [1.29, 1.82) is 0 Å². The Labute approximate surface area is 197 Å². The monoisotopic (exact) mass is 472 g/mol. The lowest BCUT2D eigenvalue weighted by Crippen LogP contribution is -2.51. The second-order valence-electron chi connectivity index (χ2n) is 8.17. The number of benzene rings is 2. The summed E-state index contributed by atoms with van der Waals surface area (Å²) < 4.78 is 24.2. The summed E-state index contributed by atoms with van der Waals surface area (Å²) in [7, 11) is 0. The number of piperazine rings is 1. The fraction of sp³-hybridized carbons (Fsp3) is 0.417. The molecule has 0 aromatic heterocycles. The minimum absolute atomic E-state index is 0.0576. The molecule has 0 unspecified atom stereocenters. The van der Waals surface area contributed by atoms with Crippen LogP contribution in [0.2, 0.25) is 0 Å². The number of carbonyl (C=O) groups is 2. The lowest BCUT2D eigenvalue weighted by molar-refractivity contribution is -0.139. The van der Waals surface area contributed by atoms with Gasteiger partial charge in [0.1, 0.15) is 5.82 Å². The highest BCUT2D eigenvalue weighted by atomic mass is 19.1. The molecule has 2 heterocycles. The first kappa shape index (κ1) is 23.8. The lowest BCUT2D eigenvalue weighted by atomic mass is 10.0. The van der Waals surface area contributed by atoms with Crippen LogP contribution >= 0.6 is 0 Å². The normalized spacial score (nSPS) is 16.2. The molecule has 182 valence electrons. The average Bonchev–Trinajstić information content (AvgIpc) is 3.33. The maximum atomic E-state index is 13.3. The molecule has 4 rings (SSSR count). The largest absolute Gasteiger partial charge is 0.454 e. The van der Waals surface area contributed by atoms with E-state index in [9.17, 15) is 14.0 Å². The van der Waals surface area contributed by atoms with E-state index in [4.69, 9.17) is 14.6 Å². The smallest absolute Gasteiger partial charge is 0.309 e. The lowest BCUT2D eigenvalue weighted by Gasteiger charge is -2.40. The molecule has 0 spiro atoms. The molecule has 2 aliphatic heterocycles. The highest BCUT2D eigenvalue weighted by Gasteiger charge is 2.28. The molecule has 0 bridgehead atoms. The number of ether oxygens (including phenoxy) is 2. The van der Waals surface area contributed by atoms with Crippen molar-refractivity contribution >= 4 is 17.5 Å². The first-order valence-electron chi connectivity index (χ1n) is 11.4. The van der Waals surface area contributed by atoms with Gasteiger partial charge in [-0.25, -0.2) is 4.39 Å². The summed E-state index contributed by atoms with van der Waals surface area (Å²) >= 11 is 0. The van der Waals surface area contributed by atoms with Gasteiger partial charge in [-0.2, -0.15) is 0 Å². The van der Waals surface area contributed by atoms with Crippen LogP contribution < -0.4 is 25.0 Å². The first-order valence-corrected chi connectivity index (χ1v) is 11.4. The Morgan fingerprint density at radius 3 is 2.41 bits per heavy atom. The van der Waals surface area contributed by atoms with Crippen LogP contribution in [0.3, 0.4) is 0 Å². The van der Waals surface area contributed by atoms with E-state index in [0.29, 0.717) is 17.9 Å². The fourth-order valence-electron chi connectivity index (χ4n) is 4.15. The first-order chi connectivity index (χ1) is 16.5. The van der Waals surface area contributed by atoms with Crippen LogP contribution in [0.15, 0.2) is 42.5 Å². The molecular weight excluding hydrogens is 443 g/mol. The van der Waals surface area contributed by atoms with Crippen molar-refractivity contribution in [3.05, 3.63) is 53.8 Å². The maximum absolute atomic E-state index is 13.3. The van der Waals surface area contributed by atoms with Crippen LogP contribution in [0.25, 0.3) is 0 Å². The zero-order valence-corrected chi connectivity index (χ0v) is 18.8. The number of anilines is 1.